The molecule has 0 saturated heterocycles. The van der Waals surface area contributed by atoms with Gasteiger partial charge in [-0.05, 0) is 70.6 Å². The van der Waals surface area contributed by atoms with Crippen LogP contribution in [0.5, 0.6) is 0 Å². The summed E-state index contributed by atoms with van der Waals surface area (Å²) in [5, 5.41) is 9.79. The third-order valence-corrected chi connectivity index (χ3v) is 20.4. The molecule has 0 amide bonds. The van der Waals surface area contributed by atoms with Crippen LogP contribution in [-0.4, -0.2) is 87.4 Å². The van der Waals surface area contributed by atoms with Crippen molar-refractivity contribution in [1.82, 2.24) is 0 Å². The molecule has 0 bridgehead atoms. The van der Waals surface area contributed by atoms with Crippen LogP contribution in [0.2, 0.25) is 0 Å². The van der Waals surface area contributed by atoms with Gasteiger partial charge in [0.1, 0.15) is 13.2 Å². The molecule has 0 aromatic carbocycles. The number of hydrogen-bond donors (Lipinski definition) is 1. The van der Waals surface area contributed by atoms with Crippen molar-refractivity contribution in [3.8, 4) is 0 Å². The van der Waals surface area contributed by atoms with Crippen molar-refractivity contribution in [1.29, 1.82) is 0 Å². The Morgan fingerprint density at radius 1 is 0.303 bits per heavy atom. The molecule has 0 radical (unpaired) electrons. The van der Waals surface area contributed by atoms with Gasteiger partial charge in [0.25, 0.3) is 6.29 Å². The number of rotatable bonds is 84. The number of ether oxygens (including phenoxy) is 4. The molecule has 2 atom stereocenters. The van der Waals surface area contributed by atoms with Gasteiger partial charge in [-0.3, -0.25) is 9.59 Å². The number of carboxylic acids is 1. The highest BCUT2D eigenvalue weighted by Gasteiger charge is 2.25. The molecular formula is C90H172NO8+. The molecule has 0 saturated carbocycles. The summed E-state index contributed by atoms with van der Waals surface area (Å²) in [4.78, 5) is 37.8. The van der Waals surface area contributed by atoms with Gasteiger partial charge in [0.2, 0.25) is 0 Å². The van der Waals surface area contributed by atoms with Gasteiger partial charge in [-0.15, -0.1) is 0 Å². The fourth-order valence-corrected chi connectivity index (χ4v) is 13.6. The molecule has 9 nitrogen and oxygen atoms in total. The maximum absolute atomic E-state index is 13.0. The first-order valence-corrected chi connectivity index (χ1v) is 44.2. The molecule has 1 N–H and O–H groups in total. The first-order chi connectivity index (χ1) is 48.6. The van der Waals surface area contributed by atoms with Crippen LogP contribution in [0, 0.1) is 0 Å². The summed E-state index contributed by atoms with van der Waals surface area (Å²) in [6, 6.07) is 0. The standard InChI is InChI=1S/C90H171NO8/c1-6-8-10-12-14-16-18-20-22-24-26-28-30-32-34-36-38-40-42-43-44-45-47-49-51-53-55-57-59-61-63-65-67-69-71-73-75-77-79-81-88(93)99-86(85-98-90(89(94)95)96-83-82-91(3,4)5)84-97-87(92)80-78-76-74-72-70-68-66-64-62-60-58-56-54-52-50-48-46-41-39-37-35-33-31-29-27-25-23-21-19-17-15-13-11-9-7-2/h18,20,24-27,86,90H,6-17,19,21-23,28-85H2,1-5H3/p+1/b20-18-,26-24-,27-25-. The van der Waals surface area contributed by atoms with Crippen LogP contribution in [0.25, 0.3) is 0 Å². The largest absolute Gasteiger partial charge is 0.477 e. The van der Waals surface area contributed by atoms with Gasteiger partial charge in [0, 0.05) is 12.8 Å². The minimum absolute atomic E-state index is 0.174. The predicted octanol–water partition coefficient (Wildman–Crippen LogP) is 28.6. The van der Waals surface area contributed by atoms with E-state index in [1.54, 1.807) is 0 Å². The van der Waals surface area contributed by atoms with Gasteiger partial charge in [-0.1, -0.05) is 416 Å². The summed E-state index contributed by atoms with van der Waals surface area (Å²) in [6.07, 6.45) is 103. The summed E-state index contributed by atoms with van der Waals surface area (Å²) in [6.45, 7) is 4.96. The van der Waals surface area contributed by atoms with E-state index in [1.807, 2.05) is 21.1 Å². The Morgan fingerprint density at radius 3 is 0.808 bits per heavy atom. The summed E-state index contributed by atoms with van der Waals surface area (Å²) >= 11 is 0. The number of esters is 2. The number of aliphatic carboxylic acids is 1. The average Bonchev–Trinajstić information content (AvgIpc) is 1.14. The van der Waals surface area contributed by atoms with E-state index in [1.165, 1.54) is 392 Å². The van der Waals surface area contributed by atoms with E-state index in [0.717, 1.165) is 44.9 Å². The van der Waals surface area contributed by atoms with Crippen molar-refractivity contribution in [2.24, 2.45) is 0 Å². The zero-order valence-corrected chi connectivity index (χ0v) is 67.2. The lowest BCUT2D eigenvalue weighted by Gasteiger charge is -2.25. The lowest BCUT2D eigenvalue weighted by Crippen LogP contribution is -2.40. The lowest BCUT2D eigenvalue weighted by atomic mass is 10.0. The molecule has 0 rings (SSSR count). The second-order valence-electron chi connectivity index (χ2n) is 31.6. The van der Waals surface area contributed by atoms with Gasteiger partial charge < -0.3 is 28.5 Å². The Morgan fingerprint density at radius 2 is 0.545 bits per heavy atom. The normalized spacial score (nSPS) is 12.7. The highest BCUT2D eigenvalue weighted by Crippen LogP contribution is 2.21. The topological polar surface area (TPSA) is 108 Å². The van der Waals surface area contributed by atoms with Crippen LogP contribution in [-0.2, 0) is 33.3 Å². The summed E-state index contributed by atoms with van der Waals surface area (Å²) < 4.78 is 23.1. The van der Waals surface area contributed by atoms with Crippen LogP contribution in [0.3, 0.4) is 0 Å². The van der Waals surface area contributed by atoms with Gasteiger partial charge in [0.15, 0.2) is 6.10 Å². The fourth-order valence-electron chi connectivity index (χ4n) is 13.6. The van der Waals surface area contributed by atoms with Crippen LogP contribution >= 0.6 is 0 Å². The molecule has 0 fully saturated rings. The van der Waals surface area contributed by atoms with Crippen LogP contribution in [0.1, 0.15) is 463 Å². The molecule has 2 unspecified atom stereocenters. The van der Waals surface area contributed by atoms with Crippen molar-refractivity contribution in [2.75, 3.05) is 47.5 Å². The van der Waals surface area contributed by atoms with Crippen molar-refractivity contribution in [2.45, 2.75) is 476 Å². The molecule has 99 heavy (non-hydrogen) atoms. The van der Waals surface area contributed by atoms with Crippen LogP contribution in [0.4, 0.5) is 0 Å². The highest BCUT2D eigenvalue weighted by atomic mass is 16.7. The Hall–Kier alpha value is -2.49. The predicted molar refractivity (Wildman–Crippen MR) is 429 cm³/mol. The summed E-state index contributed by atoms with van der Waals surface area (Å²) in [5.41, 5.74) is 0. The number of nitrogens with zero attached hydrogens (tertiary/aromatic N) is 1. The van der Waals surface area contributed by atoms with E-state index in [-0.39, 0.29) is 38.2 Å². The SMILES string of the molecule is CCCCCCC/C=C\C/C=C\CCCCCCCCCCCCCCCCCCCCCCCCCCCCCC(=O)OC(COC(=O)CCCCCCCCCCCCCCCCCCCCCCCCC/C=C\CCCCCCCCCC)COC(OCC[N+](C)(C)C)C(=O)O. The number of carbonyl (C=O) groups excluding carboxylic acids is 2. The fraction of sp³-hybridized carbons (Fsp3) is 0.900. The molecule has 0 aromatic rings. The maximum atomic E-state index is 13.0. The second kappa shape index (κ2) is 81.2. The van der Waals surface area contributed by atoms with E-state index in [2.05, 4.69) is 50.3 Å². The van der Waals surface area contributed by atoms with Crippen molar-refractivity contribution in [3.63, 3.8) is 0 Å². The average molecular weight is 1400 g/mol. The number of likely N-dealkylation sites (N-methyl/N-ethyl adjacent to an activating group) is 1. The number of carboxylic acid groups (broad SMARTS) is 1. The zero-order chi connectivity index (χ0) is 71.8. The third kappa shape index (κ3) is 82.7. The quantitative estimate of drug-likeness (QED) is 0.0211. The van der Waals surface area contributed by atoms with E-state index >= 15 is 0 Å². The second-order valence-corrected chi connectivity index (χ2v) is 31.6. The monoisotopic (exact) mass is 1400 g/mol. The highest BCUT2D eigenvalue weighted by molar-refractivity contribution is 5.71. The van der Waals surface area contributed by atoms with Gasteiger partial charge >= 0.3 is 17.9 Å². The number of quaternary nitrogens is 1. The Bertz CT molecular complexity index is 1720. The number of hydrogen-bond acceptors (Lipinski definition) is 7. The van der Waals surface area contributed by atoms with Crippen LogP contribution < -0.4 is 0 Å². The van der Waals surface area contributed by atoms with Gasteiger partial charge in [-0.25, -0.2) is 4.79 Å². The molecular weight excluding hydrogens is 1220 g/mol. The molecule has 0 aromatic heterocycles. The minimum Gasteiger partial charge on any atom is -0.477 e. The first kappa shape index (κ1) is 96.5. The maximum Gasteiger partial charge on any atom is 0.361 e. The molecule has 584 valence electrons. The smallest absolute Gasteiger partial charge is 0.361 e. The van der Waals surface area contributed by atoms with Crippen molar-refractivity contribution >= 4 is 17.9 Å². The zero-order valence-electron chi connectivity index (χ0n) is 67.2. The van der Waals surface area contributed by atoms with Gasteiger partial charge in [0.05, 0.1) is 34.4 Å². The van der Waals surface area contributed by atoms with E-state index in [0.29, 0.717) is 17.4 Å². The minimum atomic E-state index is -1.51. The molecule has 0 aliphatic carbocycles. The van der Waals surface area contributed by atoms with Gasteiger partial charge in [-0.2, -0.15) is 0 Å². The summed E-state index contributed by atoms with van der Waals surface area (Å²) in [7, 11) is 6.01. The summed E-state index contributed by atoms with van der Waals surface area (Å²) in [5.74, 6) is -1.96. The lowest BCUT2D eigenvalue weighted by molar-refractivity contribution is -0.870. The number of unbranched alkanes of at least 4 members (excludes halogenated alkanes) is 63. The molecule has 0 spiro atoms. The van der Waals surface area contributed by atoms with E-state index < -0.39 is 18.4 Å². The van der Waals surface area contributed by atoms with Crippen LogP contribution in [0.15, 0.2) is 36.5 Å². The Balaban J connectivity index is 3.90. The van der Waals surface area contributed by atoms with E-state index in [4.69, 9.17) is 18.9 Å². The molecule has 0 heterocycles. The number of carbonyl (C=O) groups is 3. The first-order valence-electron chi connectivity index (χ1n) is 44.2. The number of allylic oxidation sites excluding steroid dienone is 6. The molecule has 0 aliphatic rings. The molecule has 9 heteroatoms. The Labute approximate surface area is 617 Å². The van der Waals surface area contributed by atoms with E-state index in [9.17, 15) is 19.5 Å². The Kier molecular flexibility index (Phi) is 79.1. The van der Waals surface area contributed by atoms with Crippen molar-refractivity contribution in [3.05, 3.63) is 36.5 Å². The molecule has 0 aliphatic heterocycles. The van der Waals surface area contributed by atoms with Crippen molar-refractivity contribution < 1.29 is 42.9 Å². The third-order valence-electron chi connectivity index (χ3n) is 20.4.